The summed E-state index contributed by atoms with van der Waals surface area (Å²) in [4.78, 5) is 0. The summed E-state index contributed by atoms with van der Waals surface area (Å²) in [5, 5.41) is 18.7. The molecule has 0 saturated heterocycles. The normalized spacial score (nSPS) is 12.4. The molecule has 0 amide bonds. The molecule has 0 aliphatic rings. The van der Waals surface area contributed by atoms with Gasteiger partial charge in [-0.25, -0.2) is 5.11 Å². The summed E-state index contributed by atoms with van der Waals surface area (Å²) < 4.78 is 5.22. The van der Waals surface area contributed by atoms with Crippen LogP contribution >= 0.6 is 0 Å². The van der Waals surface area contributed by atoms with Gasteiger partial charge in [0.15, 0.2) is 6.10 Å². The zero-order valence-electron chi connectivity index (χ0n) is 7.58. The number of nitrogens with zero attached hydrogens (tertiary/aromatic N) is 1. The molecule has 0 aromatic rings. The number of hydrogen-bond donors (Lipinski definition) is 0. The van der Waals surface area contributed by atoms with Crippen LogP contribution in [-0.4, -0.2) is 19.3 Å². The molecule has 0 N–H and O–H groups in total. The van der Waals surface area contributed by atoms with Crippen molar-refractivity contribution in [2.75, 3.05) is 13.2 Å². The first kappa shape index (κ1) is 11.4. The molecule has 1 atom stereocenters. The number of ether oxygens (including phenoxy) is 1. The molecule has 0 bridgehead atoms. The van der Waals surface area contributed by atoms with Gasteiger partial charge in [0.25, 0.3) is 0 Å². The van der Waals surface area contributed by atoms with Gasteiger partial charge in [0.05, 0.1) is 6.07 Å². The Bertz CT molecular complexity index is 131. The molecule has 1 radical (unpaired) electrons. The Morgan fingerprint density at radius 1 is 1.42 bits per heavy atom. The Balaban J connectivity index is 2.96. The highest BCUT2D eigenvalue weighted by atomic mass is 16.5. The largest absolute Gasteiger partial charge is 0.381 e. The minimum absolute atomic E-state index is 0.405. The lowest BCUT2D eigenvalue weighted by atomic mass is 10.2. The average Bonchev–Trinajstić information content (AvgIpc) is 2.10. The molecule has 3 heteroatoms. The van der Waals surface area contributed by atoms with Crippen molar-refractivity contribution in [3.8, 4) is 6.07 Å². The quantitative estimate of drug-likeness (QED) is 0.548. The zero-order valence-corrected chi connectivity index (χ0v) is 7.58. The molecule has 0 aromatic heterocycles. The van der Waals surface area contributed by atoms with Crippen molar-refractivity contribution in [2.24, 2.45) is 0 Å². The summed E-state index contributed by atoms with van der Waals surface area (Å²) >= 11 is 0. The van der Waals surface area contributed by atoms with Crippen LogP contribution < -0.4 is 0 Å². The SMILES string of the molecule is CCCCOCCCC([O])C#N. The van der Waals surface area contributed by atoms with Crippen LogP contribution in [0.4, 0.5) is 0 Å². The Hall–Kier alpha value is -0.590. The summed E-state index contributed by atoms with van der Waals surface area (Å²) in [7, 11) is 0. The highest BCUT2D eigenvalue weighted by Crippen LogP contribution is 1.97. The monoisotopic (exact) mass is 170 g/mol. The van der Waals surface area contributed by atoms with E-state index >= 15 is 0 Å². The first-order chi connectivity index (χ1) is 5.81. The van der Waals surface area contributed by atoms with Crippen molar-refractivity contribution in [1.29, 1.82) is 5.26 Å². The standard InChI is InChI=1S/C9H16NO2/c1-2-3-6-12-7-4-5-9(11)8-10/h9H,2-7H2,1H3. The second-order valence-electron chi connectivity index (χ2n) is 2.73. The van der Waals surface area contributed by atoms with Crippen molar-refractivity contribution < 1.29 is 9.84 Å². The lowest BCUT2D eigenvalue weighted by Crippen LogP contribution is -2.03. The molecule has 0 heterocycles. The molecular formula is C9H16NO2. The Morgan fingerprint density at radius 3 is 2.67 bits per heavy atom. The van der Waals surface area contributed by atoms with Crippen molar-refractivity contribution >= 4 is 0 Å². The van der Waals surface area contributed by atoms with Crippen molar-refractivity contribution in [1.82, 2.24) is 0 Å². The predicted octanol–water partition coefficient (Wildman–Crippen LogP) is 1.91. The maximum Gasteiger partial charge on any atom is 0.179 e. The fraction of sp³-hybridized carbons (Fsp3) is 0.889. The van der Waals surface area contributed by atoms with E-state index in [1.54, 1.807) is 6.07 Å². The van der Waals surface area contributed by atoms with Gasteiger partial charge in [-0.2, -0.15) is 5.26 Å². The molecule has 0 aromatic carbocycles. The minimum Gasteiger partial charge on any atom is -0.381 e. The lowest BCUT2D eigenvalue weighted by Gasteiger charge is -2.02. The van der Waals surface area contributed by atoms with Gasteiger partial charge < -0.3 is 4.74 Å². The Labute approximate surface area is 74.0 Å². The van der Waals surface area contributed by atoms with E-state index in [4.69, 9.17) is 10.00 Å². The first-order valence-corrected chi connectivity index (χ1v) is 4.44. The third kappa shape index (κ3) is 7.52. The fourth-order valence-corrected chi connectivity index (χ4v) is 0.784. The molecule has 0 rings (SSSR count). The van der Waals surface area contributed by atoms with Crippen molar-refractivity contribution in [2.45, 2.75) is 38.7 Å². The molecule has 69 valence electrons. The van der Waals surface area contributed by atoms with Crippen LogP contribution in [0.15, 0.2) is 0 Å². The highest BCUT2D eigenvalue weighted by Gasteiger charge is 2.01. The average molecular weight is 170 g/mol. The van der Waals surface area contributed by atoms with Gasteiger partial charge in [-0.3, -0.25) is 0 Å². The summed E-state index contributed by atoms with van der Waals surface area (Å²) in [6.45, 7) is 3.49. The third-order valence-corrected chi connectivity index (χ3v) is 1.54. The van der Waals surface area contributed by atoms with Crippen LogP contribution in [0.25, 0.3) is 0 Å². The van der Waals surface area contributed by atoms with E-state index < -0.39 is 6.10 Å². The maximum absolute atomic E-state index is 10.6. The Kier molecular flexibility index (Phi) is 8.09. The Morgan fingerprint density at radius 2 is 2.08 bits per heavy atom. The van der Waals surface area contributed by atoms with Gasteiger partial charge in [-0.15, -0.1) is 0 Å². The molecule has 0 saturated carbocycles. The first-order valence-electron chi connectivity index (χ1n) is 4.44. The maximum atomic E-state index is 10.6. The summed E-state index contributed by atoms with van der Waals surface area (Å²) in [6, 6.07) is 1.66. The third-order valence-electron chi connectivity index (χ3n) is 1.54. The molecule has 0 aliphatic carbocycles. The molecule has 1 unspecified atom stereocenters. The molecule has 12 heavy (non-hydrogen) atoms. The van der Waals surface area contributed by atoms with Gasteiger partial charge in [0.1, 0.15) is 0 Å². The van der Waals surface area contributed by atoms with Gasteiger partial charge in [-0.1, -0.05) is 13.3 Å². The van der Waals surface area contributed by atoms with Gasteiger partial charge in [0.2, 0.25) is 0 Å². The van der Waals surface area contributed by atoms with E-state index in [0.29, 0.717) is 19.4 Å². The zero-order chi connectivity index (χ0) is 9.23. The van der Waals surface area contributed by atoms with E-state index in [1.165, 1.54) is 0 Å². The van der Waals surface area contributed by atoms with E-state index in [9.17, 15) is 5.11 Å². The van der Waals surface area contributed by atoms with E-state index in [0.717, 1.165) is 19.4 Å². The van der Waals surface area contributed by atoms with Crippen LogP contribution in [0.3, 0.4) is 0 Å². The van der Waals surface area contributed by atoms with Gasteiger partial charge in [-0.05, 0) is 19.3 Å². The van der Waals surface area contributed by atoms with E-state index in [2.05, 4.69) is 6.92 Å². The van der Waals surface area contributed by atoms with Crippen LogP contribution in [0.5, 0.6) is 0 Å². The van der Waals surface area contributed by atoms with E-state index in [-0.39, 0.29) is 0 Å². The van der Waals surface area contributed by atoms with Crippen LogP contribution in [0, 0.1) is 11.3 Å². The van der Waals surface area contributed by atoms with Crippen molar-refractivity contribution in [3.05, 3.63) is 0 Å². The fourth-order valence-electron chi connectivity index (χ4n) is 0.784. The van der Waals surface area contributed by atoms with Crippen LogP contribution in [-0.2, 0) is 9.84 Å². The van der Waals surface area contributed by atoms with Gasteiger partial charge >= 0.3 is 0 Å². The summed E-state index contributed by atoms with van der Waals surface area (Å²) in [5.74, 6) is 0. The number of unbranched alkanes of at least 4 members (excludes halogenated alkanes) is 1. The van der Waals surface area contributed by atoms with E-state index in [1.807, 2.05) is 0 Å². The number of hydrogen-bond acceptors (Lipinski definition) is 2. The predicted molar refractivity (Wildman–Crippen MR) is 45.0 cm³/mol. The smallest absolute Gasteiger partial charge is 0.179 e. The second kappa shape index (κ2) is 8.51. The lowest BCUT2D eigenvalue weighted by molar-refractivity contribution is 0.0936. The summed E-state index contributed by atoms with van der Waals surface area (Å²) in [5.41, 5.74) is 0. The number of nitriles is 1. The summed E-state index contributed by atoms with van der Waals surface area (Å²) in [6.07, 6.45) is 2.23. The van der Waals surface area contributed by atoms with Gasteiger partial charge in [0, 0.05) is 13.2 Å². The highest BCUT2D eigenvalue weighted by molar-refractivity contribution is 4.80. The van der Waals surface area contributed by atoms with Crippen molar-refractivity contribution in [3.63, 3.8) is 0 Å². The van der Waals surface area contributed by atoms with Crippen LogP contribution in [0.1, 0.15) is 32.6 Å². The second-order valence-corrected chi connectivity index (χ2v) is 2.73. The molecule has 0 fully saturated rings. The minimum atomic E-state index is -1.07. The molecular weight excluding hydrogens is 154 g/mol. The topological polar surface area (TPSA) is 52.9 Å². The molecule has 3 nitrogen and oxygen atoms in total. The molecule has 0 spiro atoms. The molecule has 0 aliphatic heterocycles. The van der Waals surface area contributed by atoms with Crippen LogP contribution in [0.2, 0.25) is 0 Å². The number of rotatable bonds is 7.